The van der Waals surface area contributed by atoms with E-state index in [9.17, 15) is 4.79 Å². The first-order chi connectivity index (χ1) is 13.8. The van der Waals surface area contributed by atoms with Gasteiger partial charge in [0.1, 0.15) is 17.5 Å². The topological polar surface area (TPSA) is 101 Å². The minimum Gasteiger partial charge on any atom is -0.381 e. The van der Waals surface area contributed by atoms with E-state index in [0.717, 1.165) is 63.0 Å². The van der Waals surface area contributed by atoms with Crippen molar-refractivity contribution in [1.29, 1.82) is 0 Å². The van der Waals surface area contributed by atoms with Gasteiger partial charge in [0.25, 0.3) is 5.56 Å². The minimum atomic E-state index is -0.124. The predicted octanol–water partition coefficient (Wildman–Crippen LogP) is 1.09. The summed E-state index contributed by atoms with van der Waals surface area (Å²) in [5, 5.41) is 4.79. The van der Waals surface area contributed by atoms with Gasteiger partial charge in [-0.25, -0.2) is 19.5 Å². The Kier molecular flexibility index (Phi) is 4.61. The summed E-state index contributed by atoms with van der Waals surface area (Å²) in [6.45, 7) is 3.93. The third-order valence-electron chi connectivity index (χ3n) is 5.68. The van der Waals surface area contributed by atoms with Gasteiger partial charge in [-0.05, 0) is 31.9 Å². The van der Waals surface area contributed by atoms with Gasteiger partial charge in [0.05, 0.1) is 12.7 Å². The molecule has 3 aromatic heterocycles. The Bertz CT molecular complexity index is 1010. The Morgan fingerprint density at radius 3 is 2.75 bits per heavy atom. The Balaban J connectivity index is 1.39. The largest absolute Gasteiger partial charge is 0.381 e. The molecule has 146 valence electrons. The van der Waals surface area contributed by atoms with Crippen LogP contribution in [-0.4, -0.2) is 60.8 Å². The van der Waals surface area contributed by atoms with Gasteiger partial charge in [0, 0.05) is 44.0 Å². The molecule has 0 spiro atoms. The van der Waals surface area contributed by atoms with Crippen LogP contribution in [0.4, 0.5) is 0 Å². The van der Waals surface area contributed by atoms with E-state index < -0.39 is 0 Å². The number of imidazole rings is 1. The average Bonchev–Trinajstić information content (AvgIpc) is 3.37. The molecule has 5 heterocycles. The molecular weight excluding hydrogens is 358 g/mol. The summed E-state index contributed by atoms with van der Waals surface area (Å²) in [5.41, 5.74) is 0.387. The number of ether oxygens (including phenoxy) is 1. The van der Waals surface area contributed by atoms with E-state index in [4.69, 9.17) is 9.84 Å². The summed E-state index contributed by atoms with van der Waals surface area (Å²) >= 11 is 0. The Morgan fingerprint density at radius 1 is 1.11 bits per heavy atom. The highest BCUT2D eigenvalue weighted by Gasteiger charge is 2.28. The lowest BCUT2D eigenvalue weighted by Crippen LogP contribution is -2.24. The fourth-order valence-electron chi connectivity index (χ4n) is 4.16. The molecule has 0 radical (unpaired) electrons. The van der Waals surface area contributed by atoms with E-state index in [0.29, 0.717) is 12.1 Å². The third kappa shape index (κ3) is 3.31. The molecule has 9 nitrogen and oxygen atoms in total. The van der Waals surface area contributed by atoms with Gasteiger partial charge >= 0.3 is 0 Å². The molecule has 2 saturated heterocycles. The van der Waals surface area contributed by atoms with Gasteiger partial charge in [-0.1, -0.05) is 0 Å². The molecule has 1 unspecified atom stereocenters. The third-order valence-corrected chi connectivity index (χ3v) is 5.68. The van der Waals surface area contributed by atoms with Crippen LogP contribution < -0.4 is 5.56 Å². The Morgan fingerprint density at radius 2 is 1.93 bits per heavy atom. The number of aromatic amines is 1. The van der Waals surface area contributed by atoms with Crippen LogP contribution in [0.15, 0.2) is 29.5 Å². The van der Waals surface area contributed by atoms with Gasteiger partial charge in [0.2, 0.25) is 0 Å². The normalized spacial score (nSPS) is 21.5. The molecule has 2 aliphatic heterocycles. The van der Waals surface area contributed by atoms with Crippen LogP contribution >= 0.6 is 0 Å². The molecule has 0 saturated carbocycles. The summed E-state index contributed by atoms with van der Waals surface area (Å²) < 4.78 is 7.22. The Labute approximate surface area is 161 Å². The van der Waals surface area contributed by atoms with Crippen molar-refractivity contribution < 1.29 is 4.74 Å². The van der Waals surface area contributed by atoms with Gasteiger partial charge in [-0.15, -0.1) is 0 Å². The molecule has 2 fully saturated rings. The second-order valence-electron chi connectivity index (χ2n) is 7.53. The summed E-state index contributed by atoms with van der Waals surface area (Å²) in [6.07, 6.45) is 7.94. The monoisotopic (exact) mass is 381 g/mol. The summed E-state index contributed by atoms with van der Waals surface area (Å²) in [4.78, 5) is 31.0. The van der Waals surface area contributed by atoms with E-state index >= 15 is 0 Å². The molecular formula is C19H23N7O2. The Hall–Kier alpha value is -2.65. The van der Waals surface area contributed by atoms with Gasteiger partial charge in [-0.2, -0.15) is 5.10 Å². The van der Waals surface area contributed by atoms with Crippen molar-refractivity contribution >= 4 is 5.52 Å². The molecule has 0 aliphatic carbocycles. The van der Waals surface area contributed by atoms with Crippen LogP contribution in [0.2, 0.25) is 0 Å². The van der Waals surface area contributed by atoms with Crippen molar-refractivity contribution in [3.8, 4) is 0 Å². The van der Waals surface area contributed by atoms with Crippen molar-refractivity contribution in [2.75, 3.05) is 26.3 Å². The van der Waals surface area contributed by atoms with Crippen molar-refractivity contribution in [1.82, 2.24) is 34.4 Å². The molecule has 0 amide bonds. The fourth-order valence-corrected chi connectivity index (χ4v) is 4.16. The highest BCUT2D eigenvalue weighted by Crippen LogP contribution is 2.27. The van der Waals surface area contributed by atoms with Gasteiger partial charge in [-0.3, -0.25) is 9.69 Å². The summed E-state index contributed by atoms with van der Waals surface area (Å²) in [5.74, 6) is 2.90. The number of hydrogen-bond acceptors (Lipinski definition) is 7. The highest BCUT2D eigenvalue weighted by atomic mass is 16.5. The second kappa shape index (κ2) is 7.40. The number of aromatic nitrogens is 6. The zero-order valence-corrected chi connectivity index (χ0v) is 15.6. The number of nitrogens with one attached hydrogen (secondary N) is 1. The van der Waals surface area contributed by atoms with Crippen molar-refractivity contribution in [2.45, 2.75) is 37.6 Å². The molecule has 5 rings (SSSR count). The van der Waals surface area contributed by atoms with Crippen molar-refractivity contribution in [3.05, 3.63) is 52.5 Å². The van der Waals surface area contributed by atoms with Crippen molar-refractivity contribution in [2.24, 2.45) is 0 Å². The smallest absolute Gasteiger partial charge is 0.276 e. The first-order valence-corrected chi connectivity index (χ1v) is 9.82. The molecule has 0 bridgehead atoms. The van der Waals surface area contributed by atoms with Crippen LogP contribution in [0.1, 0.15) is 48.6 Å². The average molecular weight is 381 g/mol. The van der Waals surface area contributed by atoms with E-state index in [1.54, 1.807) is 23.1 Å². The fraction of sp³-hybridized carbons (Fsp3) is 0.526. The number of nitrogens with zero attached hydrogens (tertiary/aromatic N) is 6. The number of fused-ring (bicyclic) bond motifs is 1. The lowest BCUT2D eigenvalue weighted by molar-refractivity contribution is 0.0832. The molecule has 1 N–H and O–H groups in total. The zero-order valence-electron chi connectivity index (χ0n) is 15.6. The molecule has 9 heteroatoms. The maximum Gasteiger partial charge on any atom is 0.276 e. The maximum atomic E-state index is 12.6. The van der Waals surface area contributed by atoms with E-state index in [2.05, 4.69) is 24.8 Å². The maximum absolute atomic E-state index is 12.6. The quantitative estimate of drug-likeness (QED) is 0.722. The second-order valence-corrected chi connectivity index (χ2v) is 7.53. The predicted molar refractivity (Wildman–Crippen MR) is 101 cm³/mol. The molecule has 0 aromatic carbocycles. The first-order valence-electron chi connectivity index (χ1n) is 9.82. The number of rotatable bonds is 4. The number of H-pyrrole nitrogens is 1. The van der Waals surface area contributed by atoms with Gasteiger partial charge < -0.3 is 9.72 Å². The molecule has 3 aromatic rings. The number of likely N-dealkylation sites (tertiary alicyclic amines) is 1. The van der Waals surface area contributed by atoms with E-state index in [-0.39, 0.29) is 17.4 Å². The first kappa shape index (κ1) is 17.4. The minimum absolute atomic E-state index is 0.124. The van der Waals surface area contributed by atoms with Gasteiger partial charge in [0.15, 0.2) is 5.52 Å². The molecule has 2 aliphatic rings. The highest BCUT2D eigenvalue weighted by molar-refractivity contribution is 5.42. The zero-order chi connectivity index (χ0) is 18.9. The molecule has 28 heavy (non-hydrogen) atoms. The lowest BCUT2D eigenvalue weighted by atomic mass is 10.00. The van der Waals surface area contributed by atoms with Crippen LogP contribution in [0.25, 0.3) is 5.52 Å². The summed E-state index contributed by atoms with van der Waals surface area (Å²) in [7, 11) is 0. The summed E-state index contributed by atoms with van der Waals surface area (Å²) in [6, 6.07) is 1.82. The van der Waals surface area contributed by atoms with Crippen molar-refractivity contribution in [3.63, 3.8) is 0 Å². The van der Waals surface area contributed by atoms with E-state index in [1.165, 1.54) is 0 Å². The van der Waals surface area contributed by atoms with Crippen LogP contribution in [0.5, 0.6) is 0 Å². The standard InChI is InChI=1S/C19H23N7O2/c27-19-15-10-22-18(13-3-8-28-9-4-13)26(15)24-17(23-19)14-2-7-25(11-14)12-16-20-5-1-6-21-16/h1,5-6,10,13-14H,2-4,7-9,11-12H2,(H,23,24,27). The van der Waals surface area contributed by atoms with Crippen LogP contribution in [0.3, 0.4) is 0 Å². The lowest BCUT2D eigenvalue weighted by Gasteiger charge is -2.20. The SMILES string of the molecule is O=c1[nH]c(C2CCN(Cc3ncccn3)C2)nn2c(C3CCOCC3)ncc12. The van der Waals surface area contributed by atoms with Crippen LogP contribution in [0, 0.1) is 0 Å². The molecule has 1 atom stereocenters. The van der Waals surface area contributed by atoms with E-state index in [1.807, 2.05) is 6.07 Å². The van der Waals surface area contributed by atoms with Crippen LogP contribution in [-0.2, 0) is 11.3 Å². The number of hydrogen-bond donors (Lipinski definition) is 1.